The van der Waals surface area contributed by atoms with Crippen LogP contribution in [0.15, 0.2) is 42.7 Å². The number of aliphatic carboxylic acids is 1. The molecular weight excluding hydrogens is 294 g/mol. The van der Waals surface area contributed by atoms with Crippen LogP contribution < -0.4 is 4.90 Å². The third-order valence-electron chi connectivity index (χ3n) is 4.66. The van der Waals surface area contributed by atoms with Gasteiger partial charge in [0.05, 0.1) is 18.6 Å². The average molecular weight is 311 g/mol. The zero-order valence-electron chi connectivity index (χ0n) is 12.5. The van der Waals surface area contributed by atoms with Gasteiger partial charge in [-0.05, 0) is 0 Å². The standard InChI is InChI=1S/C17H17N3O3/c21-17(22)13-10-23-14-9-20(8-12(13)14)16-15(18-6-7-19-16)11-4-2-1-3-5-11/h1-7,12-14H,8-10H2,(H,21,22)/t12-,13-,14-/m1/s1. The van der Waals surface area contributed by atoms with Gasteiger partial charge in [0.15, 0.2) is 5.82 Å². The van der Waals surface area contributed by atoms with Gasteiger partial charge in [-0.3, -0.25) is 9.78 Å². The molecule has 0 radical (unpaired) electrons. The highest BCUT2D eigenvalue weighted by atomic mass is 16.5. The summed E-state index contributed by atoms with van der Waals surface area (Å²) >= 11 is 0. The first-order chi connectivity index (χ1) is 11.2. The van der Waals surface area contributed by atoms with Crippen molar-refractivity contribution in [2.45, 2.75) is 6.10 Å². The van der Waals surface area contributed by atoms with Gasteiger partial charge in [-0.15, -0.1) is 0 Å². The van der Waals surface area contributed by atoms with Crippen molar-refractivity contribution >= 4 is 11.8 Å². The molecule has 3 atom stereocenters. The van der Waals surface area contributed by atoms with Crippen LogP contribution in [0, 0.1) is 11.8 Å². The summed E-state index contributed by atoms with van der Waals surface area (Å²) in [5, 5.41) is 9.32. The number of fused-ring (bicyclic) bond motifs is 1. The SMILES string of the molecule is O=C(O)[C@@H]1CO[C@@H]2CN(c3nccnc3-c3ccccc3)C[C@@H]21. The molecular formula is C17H17N3O3. The Kier molecular flexibility index (Phi) is 3.46. The molecule has 0 spiro atoms. The van der Waals surface area contributed by atoms with E-state index >= 15 is 0 Å². The molecule has 2 fully saturated rings. The maximum absolute atomic E-state index is 11.3. The fourth-order valence-corrected chi connectivity index (χ4v) is 3.50. The second kappa shape index (κ2) is 5.62. The minimum absolute atomic E-state index is 0.0122. The van der Waals surface area contributed by atoms with Crippen molar-refractivity contribution in [1.29, 1.82) is 0 Å². The third-order valence-corrected chi connectivity index (χ3v) is 4.66. The third kappa shape index (κ3) is 2.45. The Labute approximate surface area is 133 Å². The van der Waals surface area contributed by atoms with E-state index in [1.165, 1.54) is 0 Å². The van der Waals surface area contributed by atoms with Crippen molar-refractivity contribution in [3.8, 4) is 11.3 Å². The zero-order valence-corrected chi connectivity index (χ0v) is 12.5. The smallest absolute Gasteiger partial charge is 0.309 e. The first kappa shape index (κ1) is 14.1. The van der Waals surface area contributed by atoms with E-state index in [1.807, 2.05) is 30.3 Å². The fraction of sp³-hybridized carbons (Fsp3) is 0.353. The van der Waals surface area contributed by atoms with E-state index in [0.717, 1.165) is 17.1 Å². The number of hydrogen-bond donors (Lipinski definition) is 1. The number of aromatic nitrogens is 2. The Morgan fingerprint density at radius 1 is 1.17 bits per heavy atom. The van der Waals surface area contributed by atoms with Crippen molar-refractivity contribution in [1.82, 2.24) is 9.97 Å². The predicted octanol–water partition coefficient (Wildman–Crippen LogP) is 1.68. The molecule has 6 nitrogen and oxygen atoms in total. The predicted molar refractivity (Wildman–Crippen MR) is 84.0 cm³/mol. The normalized spacial score (nSPS) is 26.3. The van der Waals surface area contributed by atoms with Gasteiger partial charge >= 0.3 is 5.97 Å². The van der Waals surface area contributed by atoms with Crippen LogP contribution in [0.3, 0.4) is 0 Å². The number of hydrogen-bond acceptors (Lipinski definition) is 5. The average Bonchev–Trinajstić information content (AvgIpc) is 3.15. The molecule has 2 aromatic rings. The van der Waals surface area contributed by atoms with Crippen LogP contribution in [0.4, 0.5) is 5.82 Å². The number of nitrogens with zero attached hydrogens (tertiary/aromatic N) is 3. The monoisotopic (exact) mass is 311 g/mol. The highest BCUT2D eigenvalue weighted by molar-refractivity contribution is 5.74. The molecule has 1 aromatic carbocycles. The summed E-state index contributed by atoms with van der Waals surface area (Å²) in [5.74, 6) is -0.400. The minimum Gasteiger partial charge on any atom is -0.481 e. The Bertz CT molecular complexity index is 722. The lowest BCUT2D eigenvalue weighted by atomic mass is 9.93. The van der Waals surface area contributed by atoms with Gasteiger partial charge in [0.25, 0.3) is 0 Å². The lowest BCUT2D eigenvalue weighted by molar-refractivity contribution is -0.142. The number of rotatable bonds is 3. The van der Waals surface area contributed by atoms with Crippen LogP contribution >= 0.6 is 0 Å². The second-order valence-corrected chi connectivity index (χ2v) is 5.98. The molecule has 2 saturated heterocycles. The van der Waals surface area contributed by atoms with Crippen LogP contribution in [-0.4, -0.2) is 46.8 Å². The summed E-state index contributed by atoms with van der Waals surface area (Å²) in [7, 11) is 0. The van der Waals surface area contributed by atoms with E-state index in [0.29, 0.717) is 19.7 Å². The van der Waals surface area contributed by atoms with E-state index in [4.69, 9.17) is 4.74 Å². The lowest BCUT2D eigenvalue weighted by Gasteiger charge is -2.21. The second-order valence-electron chi connectivity index (χ2n) is 5.98. The Morgan fingerprint density at radius 3 is 2.74 bits per heavy atom. The molecule has 0 amide bonds. The van der Waals surface area contributed by atoms with E-state index in [1.54, 1.807) is 12.4 Å². The maximum atomic E-state index is 11.3. The van der Waals surface area contributed by atoms with Gasteiger partial charge in [0.2, 0.25) is 0 Å². The molecule has 4 rings (SSSR count). The van der Waals surface area contributed by atoms with Crippen LogP contribution in [0.5, 0.6) is 0 Å². The van der Waals surface area contributed by atoms with E-state index in [2.05, 4.69) is 14.9 Å². The van der Waals surface area contributed by atoms with Crippen LogP contribution in [-0.2, 0) is 9.53 Å². The molecule has 0 aliphatic carbocycles. The lowest BCUT2D eigenvalue weighted by Crippen LogP contribution is -2.28. The number of anilines is 1. The zero-order chi connectivity index (χ0) is 15.8. The Balaban J connectivity index is 1.65. The molecule has 118 valence electrons. The first-order valence-corrected chi connectivity index (χ1v) is 7.70. The summed E-state index contributed by atoms with van der Waals surface area (Å²) in [6.07, 6.45) is 3.31. The largest absolute Gasteiger partial charge is 0.481 e. The van der Waals surface area contributed by atoms with Crippen molar-refractivity contribution in [2.75, 3.05) is 24.6 Å². The maximum Gasteiger partial charge on any atom is 0.309 e. The molecule has 0 unspecified atom stereocenters. The highest BCUT2D eigenvalue weighted by Gasteiger charge is 2.47. The number of carboxylic acid groups (broad SMARTS) is 1. The quantitative estimate of drug-likeness (QED) is 0.929. The summed E-state index contributed by atoms with van der Waals surface area (Å²) < 4.78 is 5.68. The van der Waals surface area contributed by atoms with Gasteiger partial charge in [-0.1, -0.05) is 30.3 Å². The van der Waals surface area contributed by atoms with Crippen molar-refractivity contribution in [3.63, 3.8) is 0 Å². The summed E-state index contributed by atoms with van der Waals surface area (Å²) in [6, 6.07) is 9.90. The molecule has 23 heavy (non-hydrogen) atoms. The topological polar surface area (TPSA) is 75.6 Å². The molecule has 2 aliphatic heterocycles. The van der Waals surface area contributed by atoms with E-state index in [9.17, 15) is 9.90 Å². The minimum atomic E-state index is -0.776. The molecule has 0 bridgehead atoms. The van der Waals surface area contributed by atoms with Crippen LogP contribution in [0.25, 0.3) is 11.3 Å². The van der Waals surface area contributed by atoms with Crippen molar-refractivity contribution < 1.29 is 14.6 Å². The molecule has 3 heterocycles. The molecule has 1 aromatic heterocycles. The first-order valence-electron chi connectivity index (χ1n) is 7.70. The molecule has 0 saturated carbocycles. The van der Waals surface area contributed by atoms with Gasteiger partial charge in [-0.25, -0.2) is 4.98 Å². The summed E-state index contributed by atoms with van der Waals surface area (Å²) in [5.41, 5.74) is 1.82. The van der Waals surface area contributed by atoms with Gasteiger partial charge in [-0.2, -0.15) is 0 Å². The molecule has 1 N–H and O–H groups in total. The number of ether oxygens (including phenoxy) is 1. The van der Waals surface area contributed by atoms with Crippen molar-refractivity contribution in [2.24, 2.45) is 11.8 Å². The number of carboxylic acids is 1. The van der Waals surface area contributed by atoms with Gasteiger partial charge in [0.1, 0.15) is 5.69 Å². The van der Waals surface area contributed by atoms with Crippen LogP contribution in [0.1, 0.15) is 0 Å². The van der Waals surface area contributed by atoms with Gasteiger partial charge < -0.3 is 14.7 Å². The van der Waals surface area contributed by atoms with Crippen LogP contribution in [0.2, 0.25) is 0 Å². The number of benzene rings is 1. The highest BCUT2D eigenvalue weighted by Crippen LogP contribution is 2.37. The van der Waals surface area contributed by atoms with E-state index in [-0.39, 0.29) is 12.0 Å². The van der Waals surface area contributed by atoms with Crippen molar-refractivity contribution in [3.05, 3.63) is 42.7 Å². The summed E-state index contributed by atoms with van der Waals surface area (Å²) in [6.45, 7) is 1.61. The van der Waals surface area contributed by atoms with Gasteiger partial charge in [0, 0.05) is 37.0 Å². The number of carbonyl (C=O) groups is 1. The van der Waals surface area contributed by atoms with E-state index < -0.39 is 11.9 Å². The Morgan fingerprint density at radius 2 is 1.96 bits per heavy atom. The fourth-order valence-electron chi connectivity index (χ4n) is 3.50. The molecule has 6 heteroatoms. The Hall–Kier alpha value is -2.47. The summed E-state index contributed by atoms with van der Waals surface area (Å²) in [4.78, 5) is 22.4. The molecule has 2 aliphatic rings.